The van der Waals surface area contributed by atoms with Gasteiger partial charge in [0.1, 0.15) is 0 Å². The van der Waals surface area contributed by atoms with Gasteiger partial charge in [0, 0.05) is 46.1 Å². The molecule has 4 heteroatoms. The number of nitrogens with zero attached hydrogens (tertiary/aromatic N) is 2. The molecule has 102 valence electrons. The Hall–Kier alpha value is -0.840. The fraction of sp³-hybridized carbons (Fsp3) is 0.714. The second-order valence-corrected chi connectivity index (χ2v) is 4.97. The van der Waals surface area contributed by atoms with Crippen molar-refractivity contribution < 1.29 is 9.47 Å². The third-order valence-corrected chi connectivity index (χ3v) is 3.80. The molecule has 1 aromatic rings. The number of ether oxygens (including phenoxy) is 2. The second-order valence-electron chi connectivity index (χ2n) is 4.97. The van der Waals surface area contributed by atoms with Crippen molar-refractivity contribution in [3.8, 4) is 0 Å². The van der Waals surface area contributed by atoms with Crippen LogP contribution in [0.1, 0.15) is 19.3 Å². The van der Waals surface area contributed by atoms with Gasteiger partial charge in [-0.15, -0.1) is 0 Å². The smallest absolute Gasteiger partial charge is 0.180 e. The van der Waals surface area contributed by atoms with E-state index in [4.69, 9.17) is 9.47 Å². The number of hydrogen-bond acceptors (Lipinski definition) is 3. The van der Waals surface area contributed by atoms with Gasteiger partial charge in [0.25, 0.3) is 0 Å². The van der Waals surface area contributed by atoms with Crippen molar-refractivity contribution in [1.29, 1.82) is 0 Å². The van der Waals surface area contributed by atoms with Gasteiger partial charge in [-0.05, 0) is 31.5 Å². The monoisotopic (exact) mass is 252 g/mol. The van der Waals surface area contributed by atoms with Crippen molar-refractivity contribution in [3.05, 3.63) is 24.5 Å². The minimum atomic E-state index is -0.383. The Labute approximate surface area is 109 Å². The van der Waals surface area contributed by atoms with Gasteiger partial charge >= 0.3 is 0 Å². The number of methoxy groups -OCH3 is 2. The predicted octanol–water partition coefficient (Wildman–Crippen LogP) is 1.96. The zero-order valence-electron chi connectivity index (χ0n) is 11.5. The fourth-order valence-corrected chi connectivity index (χ4v) is 2.67. The number of likely N-dealkylation sites (tertiary alicyclic amines) is 1. The highest BCUT2D eigenvalue weighted by molar-refractivity contribution is 4.90. The van der Waals surface area contributed by atoms with E-state index in [0.717, 1.165) is 45.4 Å². The molecule has 0 radical (unpaired) electrons. The van der Waals surface area contributed by atoms with E-state index in [1.54, 1.807) is 14.2 Å². The molecule has 0 aliphatic carbocycles. The lowest BCUT2D eigenvalue weighted by atomic mass is 10.0. The standard InChI is InChI=1S/C14H24N2O2/c1-17-14(18-2)7-5-10-16(13-14)12-6-11-15-8-3-4-9-15/h3-4,8-9H,5-7,10-13H2,1-2H3. The van der Waals surface area contributed by atoms with Gasteiger partial charge in [0.15, 0.2) is 5.79 Å². The van der Waals surface area contributed by atoms with E-state index < -0.39 is 0 Å². The van der Waals surface area contributed by atoms with Crippen LogP contribution in [-0.2, 0) is 16.0 Å². The summed E-state index contributed by atoms with van der Waals surface area (Å²) in [6.45, 7) is 4.22. The molecule has 0 amide bonds. The first-order chi connectivity index (χ1) is 8.78. The van der Waals surface area contributed by atoms with Gasteiger partial charge in [-0.2, -0.15) is 0 Å². The molecular formula is C14H24N2O2. The number of piperidine rings is 1. The fourth-order valence-electron chi connectivity index (χ4n) is 2.67. The Morgan fingerprint density at radius 1 is 1.11 bits per heavy atom. The minimum absolute atomic E-state index is 0.383. The Morgan fingerprint density at radius 2 is 1.83 bits per heavy atom. The summed E-state index contributed by atoms with van der Waals surface area (Å²) in [4.78, 5) is 2.44. The highest BCUT2D eigenvalue weighted by Crippen LogP contribution is 2.25. The van der Waals surface area contributed by atoms with E-state index in [-0.39, 0.29) is 5.79 Å². The summed E-state index contributed by atoms with van der Waals surface area (Å²) in [5.74, 6) is -0.383. The van der Waals surface area contributed by atoms with Crippen LogP contribution >= 0.6 is 0 Å². The number of aromatic nitrogens is 1. The Kier molecular flexibility index (Phi) is 4.80. The first-order valence-corrected chi connectivity index (χ1v) is 6.71. The van der Waals surface area contributed by atoms with Crippen molar-refractivity contribution in [2.75, 3.05) is 33.9 Å². The first-order valence-electron chi connectivity index (χ1n) is 6.71. The van der Waals surface area contributed by atoms with Crippen LogP contribution in [0.4, 0.5) is 0 Å². The van der Waals surface area contributed by atoms with Crippen LogP contribution in [0.3, 0.4) is 0 Å². The molecular weight excluding hydrogens is 228 g/mol. The van der Waals surface area contributed by atoms with Crippen molar-refractivity contribution in [2.45, 2.75) is 31.6 Å². The molecule has 2 heterocycles. The molecule has 0 spiro atoms. The van der Waals surface area contributed by atoms with E-state index >= 15 is 0 Å². The Morgan fingerprint density at radius 3 is 2.50 bits per heavy atom. The number of hydrogen-bond donors (Lipinski definition) is 0. The summed E-state index contributed by atoms with van der Waals surface area (Å²) in [5, 5.41) is 0. The molecule has 0 N–H and O–H groups in total. The highest BCUT2D eigenvalue weighted by Gasteiger charge is 2.35. The molecule has 1 fully saturated rings. The van der Waals surface area contributed by atoms with Crippen LogP contribution < -0.4 is 0 Å². The van der Waals surface area contributed by atoms with Crippen LogP contribution in [0.2, 0.25) is 0 Å². The average molecular weight is 252 g/mol. The van der Waals surface area contributed by atoms with Crippen LogP contribution in [-0.4, -0.2) is 49.1 Å². The molecule has 0 atom stereocenters. The predicted molar refractivity (Wildman–Crippen MR) is 71.5 cm³/mol. The van der Waals surface area contributed by atoms with E-state index in [1.807, 2.05) is 0 Å². The molecule has 0 unspecified atom stereocenters. The molecule has 18 heavy (non-hydrogen) atoms. The van der Waals surface area contributed by atoms with Gasteiger partial charge in [0.2, 0.25) is 0 Å². The molecule has 0 bridgehead atoms. The topological polar surface area (TPSA) is 26.6 Å². The second kappa shape index (κ2) is 6.36. The summed E-state index contributed by atoms with van der Waals surface area (Å²) < 4.78 is 13.3. The summed E-state index contributed by atoms with van der Waals surface area (Å²) in [6.07, 6.45) is 7.53. The van der Waals surface area contributed by atoms with Crippen LogP contribution in [0, 0.1) is 0 Å². The van der Waals surface area contributed by atoms with Crippen molar-refractivity contribution in [3.63, 3.8) is 0 Å². The number of rotatable bonds is 6. The Bertz CT molecular complexity index is 334. The lowest BCUT2D eigenvalue weighted by molar-refractivity contribution is -0.232. The minimum Gasteiger partial charge on any atom is -0.354 e. The third-order valence-electron chi connectivity index (χ3n) is 3.80. The zero-order valence-corrected chi connectivity index (χ0v) is 11.5. The molecule has 0 saturated carbocycles. The maximum absolute atomic E-state index is 5.54. The summed E-state index contributed by atoms with van der Waals surface area (Å²) >= 11 is 0. The molecule has 4 nitrogen and oxygen atoms in total. The SMILES string of the molecule is COC1(OC)CCCN(CCCn2cccc2)C1. The third kappa shape index (κ3) is 3.34. The maximum Gasteiger partial charge on any atom is 0.180 e. The van der Waals surface area contributed by atoms with Crippen LogP contribution in [0.15, 0.2) is 24.5 Å². The number of aryl methyl sites for hydroxylation is 1. The van der Waals surface area contributed by atoms with E-state index in [9.17, 15) is 0 Å². The van der Waals surface area contributed by atoms with Gasteiger partial charge in [-0.3, -0.25) is 4.90 Å². The van der Waals surface area contributed by atoms with Crippen molar-refractivity contribution >= 4 is 0 Å². The highest BCUT2D eigenvalue weighted by atomic mass is 16.7. The van der Waals surface area contributed by atoms with Gasteiger partial charge in [0.05, 0.1) is 6.54 Å². The zero-order chi connectivity index (χ0) is 12.8. The Balaban J connectivity index is 1.75. The van der Waals surface area contributed by atoms with Gasteiger partial charge < -0.3 is 14.0 Å². The first kappa shape index (κ1) is 13.6. The van der Waals surface area contributed by atoms with Crippen LogP contribution in [0.25, 0.3) is 0 Å². The lowest BCUT2D eigenvalue weighted by Crippen LogP contribution is -2.50. The van der Waals surface area contributed by atoms with Gasteiger partial charge in [-0.1, -0.05) is 0 Å². The molecule has 1 aromatic heterocycles. The van der Waals surface area contributed by atoms with Crippen LogP contribution in [0.5, 0.6) is 0 Å². The molecule has 1 aliphatic rings. The van der Waals surface area contributed by atoms with Gasteiger partial charge in [-0.25, -0.2) is 0 Å². The largest absolute Gasteiger partial charge is 0.354 e. The average Bonchev–Trinajstić information content (AvgIpc) is 2.92. The van der Waals surface area contributed by atoms with E-state index in [2.05, 4.69) is 34.0 Å². The van der Waals surface area contributed by atoms with Crippen molar-refractivity contribution in [2.24, 2.45) is 0 Å². The molecule has 0 aromatic carbocycles. The summed E-state index contributed by atoms with van der Waals surface area (Å²) in [6, 6.07) is 4.14. The molecule has 1 aliphatic heterocycles. The summed E-state index contributed by atoms with van der Waals surface area (Å²) in [7, 11) is 3.49. The quantitative estimate of drug-likeness (QED) is 0.724. The molecule has 2 rings (SSSR count). The lowest BCUT2D eigenvalue weighted by Gasteiger charge is -2.40. The maximum atomic E-state index is 5.54. The molecule has 1 saturated heterocycles. The van der Waals surface area contributed by atoms with E-state index in [1.165, 1.54) is 0 Å². The van der Waals surface area contributed by atoms with E-state index in [0.29, 0.717) is 0 Å². The summed E-state index contributed by atoms with van der Waals surface area (Å²) in [5.41, 5.74) is 0. The normalized spacial score (nSPS) is 20.1. The van der Waals surface area contributed by atoms with Crippen molar-refractivity contribution in [1.82, 2.24) is 9.47 Å².